The smallest absolute Gasteiger partial charge is 0.394 e. The Morgan fingerprint density at radius 2 is 1.71 bits per heavy atom. The Bertz CT molecular complexity index is 392. The van der Waals surface area contributed by atoms with Crippen molar-refractivity contribution in [3.8, 4) is 0 Å². The maximum atomic E-state index is 12.9. The minimum atomic E-state index is -4.75. The lowest BCUT2D eigenvalue weighted by Crippen LogP contribution is -2.22. The largest absolute Gasteiger partial charge is 0.416 e. The van der Waals surface area contributed by atoms with Crippen molar-refractivity contribution in [3.05, 3.63) is 35.1 Å². The summed E-state index contributed by atoms with van der Waals surface area (Å²) >= 11 is 0. The molecule has 2 unspecified atom stereocenters. The van der Waals surface area contributed by atoms with Crippen LogP contribution in [-0.2, 0) is 6.18 Å². The van der Waals surface area contributed by atoms with Crippen molar-refractivity contribution >= 4 is 0 Å². The molecule has 3 N–H and O–H groups in total. The third-order valence-corrected chi connectivity index (χ3v) is 2.14. The molecular formula is C10H10F4O3. The molecule has 1 aromatic carbocycles. The third kappa shape index (κ3) is 3.39. The Morgan fingerprint density at radius 1 is 1.12 bits per heavy atom. The molecule has 0 heterocycles. The van der Waals surface area contributed by atoms with Crippen molar-refractivity contribution in [2.45, 2.75) is 18.4 Å². The van der Waals surface area contributed by atoms with Gasteiger partial charge in [0, 0.05) is 0 Å². The first-order valence-electron chi connectivity index (χ1n) is 4.60. The van der Waals surface area contributed by atoms with E-state index >= 15 is 0 Å². The van der Waals surface area contributed by atoms with Gasteiger partial charge in [0.25, 0.3) is 0 Å². The fourth-order valence-electron chi connectivity index (χ4n) is 1.27. The van der Waals surface area contributed by atoms with Crippen molar-refractivity contribution in [2.75, 3.05) is 6.61 Å². The third-order valence-electron chi connectivity index (χ3n) is 2.14. The molecule has 1 aromatic rings. The monoisotopic (exact) mass is 254 g/mol. The van der Waals surface area contributed by atoms with Crippen LogP contribution in [-0.4, -0.2) is 28.0 Å². The standard InChI is InChI=1S/C10H10F4O3/c11-7-2-5(9(17)8(16)4-15)1-6(3-7)10(12,13)14/h1-3,8-9,15-17H,4H2. The summed E-state index contributed by atoms with van der Waals surface area (Å²) in [5.74, 6) is -1.18. The molecule has 1 rings (SSSR count). The number of hydrogen-bond donors (Lipinski definition) is 3. The van der Waals surface area contributed by atoms with Gasteiger partial charge in [0.2, 0.25) is 0 Å². The first-order chi connectivity index (χ1) is 7.75. The van der Waals surface area contributed by atoms with E-state index in [9.17, 15) is 22.7 Å². The second-order valence-electron chi connectivity index (χ2n) is 3.47. The molecule has 3 nitrogen and oxygen atoms in total. The highest BCUT2D eigenvalue weighted by molar-refractivity contribution is 5.28. The summed E-state index contributed by atoms with van der Waals surface area (Å²) in [6.07, 6.45) is -8.20. The predicted octanol–water partition coefficient (Wildman–Crippen LogP) is 1.23. The van der Waals surface area contributed by atoms with E-state index in [0.29, 0.717) is 12.1 Å². The molecule has 96 valence electrons. The zero-order chi connectivity index (χ0) is 13.2. The highest BCUT2D eigenvalue weighted by Gasteiger charge is 2.32. The maximum Gasteiger partial charge on any atom is 0.416 e. The Hall–Kier alpha value is -1.18. The van der Waals surface area contributed by atoms with E-state index in [4.69, 9.17) is 10.2 Å². The van der Waals surface area contributed by atoms with Crippen molar-refractivity contribution in [1.29, 1.82) is 0 Å². The number of aliphatic hydroxyl groups excluding tert-OH is 3. The lowest BCUT2D eigenvalue weighted by atomic mass is 10.0. The number of hydrogen-bond acceptors (Lipinski definition) is 3. The molecule has 0 aromatic heterocycles. The first-order valence-corrected chi connectivity index (χ1v) is 4.60. The number of halogens is 4. The molecule has 17 heavy (non-hydrogen) atoms. The second kappa shape index (κ2) is 4.99. The number of rotatable bonds is 3. The number of alkyl halides is 3. The molecule has 0 aliphatic carbocycles. The molecule has 2 atom stereocenters. The summed E-state index contributed by atoms with van der Waals surface area (Å²) in [6.45, 7) is -0.848. The quantitative estimate of drug-likeness (QED) is 0.711. The Kier molecular flexibility index (Phi) is 4.07. The second-order valence-corrected chi connectivity index (χ2v) is 3.47. The van der Waals surface area contributed by atoms with Crippen LogP contribution in [0.2, 0.25) is 0 Å². The first kappa shape index (κ1) is 13.9. The van der Waals surface area contributed by atoms with Gasteiger partial charge in [0.15, 0.2) is 0 Å². The van der Waals surface area contributed by atoms with Crippen molar-refractivity contribution in [2.24, 2.45) is 0 Å². The Labute approximate surface area is 93.9 Å². The van der Waals surface area contributed by atoms with Gasteiger partial charge < -0.3 is 15.3 Å². The van der Waals surface area contributed by atoms with Gasteiger partial charge in [-0.15, -0.1) is 0 Å². The summed E-state index contributed by atoms with van der Waals surface area (Å²) in [5.41, 5.74) is -1.71. The lowest BCUT2D eigenvalue weighted by Gasteiger charge is -2.17. The van der Waals surface area contributed by atoms with E-state index in [-0.39, 0.29) is 6.07 Å². The Balaban J connectivity index is 3.14. The summed E-state index contributed by atoms with van der Waals surface area (Å²) in [6, 6.07) is 1.47. The molecule has 0 saturated carbocycles. The molecule has 0 aliphatic heterocycles. The number of benzene rings is 1. The van der Waals surface area contributed by atoms with Gasteiger partial charge >= 0.3 is 6.18 Å². The van der Waals surface area contributed by atoms with Crippen LogP contribution in [0.25, 0.3) is 0 Å². The molecule has 0 radical (unpaired) electrons. The van der Waals surface area contributed by atoms with Crippen molar-refractivity contribution in [1.82, 2.24) is 0 Å². The topological polar surface area (TPSA) is 60.7 Å². The summed E-state index contributed by atoms with van der Waals surface area (Å²) in [5, 5.41) is 27.0. The highest BCUT2D eigenvalue weighted by atomic mass is 19.4. The predicted molar refractivity (Wildman–Crippen MR) is 49.5 cm³/mol. The molecule has 0 saturated heterocycles. The summed E-state index contributed by atoms with van der Waals surface area (Å²) < 4.78 is 49.9. The Morgan fingerprint density at radius 3 is 2.18 bits per heavy atom. The van der Waals surface area contributed by atoms with Crippen LogP contribution in [0.15, 0.2) is 18.2 Å². The van der Waals surface area contributed by atoms with Crippen molar-refractivity contribution in [3.63, 3.8) is 0 Å². The zero-order valence-corrected chi connectivity index (χ0v) is 8.45. The van der Waals surface area contributed by atoms with Gasteiger partial charge in [-0.1, -0.05) is 0 Å². The summed E-state index contributed by atoms with van der Waals surface area (Å²) in [4.78, 5) is 0. The maximum absolute atomic E-state index is 12.9. The van der Waals surface area contributed by atoms with Gasteiger partial charge in [0.05, 0.1) is 12.2 Å². The molecule has 7 heteroatoms. The SMILES string of the molecule is OCC(O)C(O)c1cc(F)cc(C(F)(F)F)c1. The lowest BCUT2D eigenvalue weighted by molar-refractivity contribution is -0.138. The van der Waals surface area contributed by atoms with Crippen LogP contribution >= 0.6 is 0 Å². The fourth-order valence-corrected chi connectivity index (χ4v) is 1.27. The molecule has 0 spiro atoms. The molecule has 0 bridgehead atoms. The van der Waals surface area contributed by atoms with Crippen LogP contribution in [0, 0.1) is 5.82 Å². The van der Waals surface area contributed by atoms with Crippen LogP contribution in [0.4, 0.5) is 17.6 Å². The van der Waals surface area contributed by atoms with Crippen molar-refractivity contribution < 1.29 is 32.9 Å². The van der Waals surface area contributed by atoms with Crippen LogP contribution < -0.4 is 0 Å². The minimum Gasteiger partial charge on any atom is -0.394 e. The molecule has 0 fully saturated rings. The number of aliphatic hydroxyl groups is 3. The molecule has 0 aliphatic rings. The normalized spacial score (nSPS) is 15.7. The molecular weight excluding hydrogens is 244 g/mol. The van der Waals surface area contributed by atoms with Gasteiger partial charge in [-0.2, -0.15) is 13.2 Å². The van der Waals surface area contributed by atoms with Crippen LogP contribution in [0.5, 0.6) is 0 Å². The fraction of sp³-hybridized carbons (Fsp3) is 0.400. The highest BCUT2D eigenvalue weighted by Crippen LogP contribution is 2.32. The van der Waals surface area contributed by atoms with E-state index in [1.165, 1.54) is 0 Å². The van der Waals surface area contributed by atoms with E-state index in [1.54, 1.807) is 0 Å². The average Bonchev–Trinajstić information content (AvgIpc) is 2.25. The van der Waals surface area contributed by atoms with Gasteiger partial charge in [-0.25, -0.2) is 4.39 Å². The average molecular weight is 254 g/mol. The molecule has 0 amide bonds. The van der Waals surface area contributed by atoms with Gasteiger partial charge in [-0.3, -0.25) is 0 Å². The van der Waals surface area contributed by atoms with Gasteiger partial charge in [0.1, 0.15) is 18.0 Å². The van der Waals surface area contributed by atoms with Crippen LogP contribution in [0.3, 0.4) is 0 Å². The van der Waals surface area contributed by atoms with Gasteiger partial charge in [-0.05, 0) is 23.8 Å². The summed E-state index contributed by atoms with van der Waals surface area (Å²) in [7, 11) is 0. The zero-order valence-electron chi connectivity index (χ0n) is 8.45. The minimum absolute atomic E-state index is 0.279. The van der Waals surface area contributed by atoms with E-state index < -0.39 is 41.9 Å². The van der Waals surface area contributed by atoms with E-state index in [0.717, 1.165) is 0 Å². The van der Waals surface area contributed by atoms with E-state index in [1.807, 2.05) is 0 Å². The van der Waals surface area contributed by atoms with Crippen LogP contribution in [0.1, 0.15) is 17.2 Å². The van der Waals surface area contributed by atoms with E-state index in [2.05, 4.69) is 0 Å².